The summed E-state index contributed by atoms with van der Waals surface area (Å²) in [6.45, 7) is 5.26. The van der Waals surface area contributed by atoms with Gasteiger partial charge in [-0.05, 0) is 55.2 Å². The molecule has 1 aliphatic heterocycles. The van der Waals surface area contributed by atoms with Crippen LogP contribution in [-0.4, -0.2) is 25.9 Å². The Bertz CT molecular complexity index is 757. The maximum absolute atomic E-state index is 12.0. The molecule has 0 radical (unpaired) electrons. The number of hydrogen-bond acceptors (Lipinski definition) is 4. The zero-order valence-electron chi connectivity index (χ0n) is 14.6. The van der Waals surface area contributed by atoms with Crippen molar-refractivity contribution in [3.63, 3.8) is 0 Å². The maximum atomic E-state index is 12.0. The third-order valence-corrected chi connectivity index (χ3v) is 4.10. The van der Waals surface area contributed by atoms with Crippen molar-refractivity contribution in [2.75, 3.05) is 19.9 Å². The van der Waals surface area contributed by atoms with Gasteiger partial charge in [-0.2, -0.15) is 0 Å². The predicted molar refractivity (Wildman–Crippen MR) is 95.3 cm³/mol. The lowest BCUT2D eigenvalue weighted by Crippen LogP contribution is -2.28. The molecule has 0 aliphatic carbocycles. The summed E-state index contributed by atoms with van der Waals surface area (Å²) in [5, 5.41) is 2.89. The summed E-state index contributed by atoms with van der Waals surface area (Å²) >= 11 is 0. The van der Waals surface area contributed by atoms with Crippen molar-refractivity contribution in [1.29, 1.82) is 0 Å². The fourth-order valence-electron chi connectivity index (χ4n) is 2.66. The van der Waals surface area contributed by atoms with E-state index in [1.165, 1.54) is 0 Å². The first-order valence-corrected chi connectivity index (χ1v) is 8.47. The van der Waals surface area contributed by atoms with Crippen LogP contribution in [0.15, 0.2) is 36.4 Å². The van der Waals surface area contributed by atoms with Crippen LogP contribution in [0.25, 0.3) is 0 Å². The first-order valence-electron chi connectivity index (χ1n) is 8.47. The number of carbonyl (C=O) groups excluding carboxylic acids is 1. The van der Waals surface area contributed by atoms with Gasteiger partial charge in [0.25, 0.3) is 0 Å². The quantitative estimate of drug-likeness (QED) is 0.786. The molecule has 0 fully saturated rings. The van der Waals surface area contributed by atoms with E-state index in [2.05, 4.69) is 11.4 Å². The summed E-state index contributed by atoms with van der Waals surface area (Å²) in [5.74, 6) is 2.40. The number of nitrogens with one attached hydrogen (secondary N) is 1. The summed E-state index contributed by atoms with van der Waals surface area (Å²) in [6, 6.07) is 11.9. The van der Waals surface area contributed by atoms with Gasteiger partial charge in [0.1, 0.15) is 12.4 Å². The SMILES string of the molecule is Cc1ccc(C)c(OCCNC(=O)CCc2ccc3c(c2)OCO3)c1. The van der Waals surface area contributed by atoms with Crippen LogP contribution in [-0.2, 0) is 11.2 Å². The van der Waals surface area contributed by atoms with E-state index >= 15 is 0 Å². The van der Waals surface area contributed by atoms with Crippen molar-refractivity contribution < 1.29 is 19.0 Å². The van der Waals surface area contributed by atoms with E-state index in [-0.39, 0.29) is 12.7 Å². The highest BCUT2D eigenvalue weighted by Gasteiger charge is 2.13. The second-order valence-corrected chi connectivity index (χ2v) is 6.15. The van der Waals surface area contributed by atoms with Gasteiger partial charge in [-0.1, -0.05) is 18.2 Å². The Morgan fingerprint density at radius 2 is 1.96 bits per heavy atom. The molecule has 0 atom stereocenters. The molecule has 1 aliphatic rings. The van der Waals surface area contributed by atoms with Crippen LogP contribution in [0.4, 0.5) is 0 Å². The normalized spacial score (nSPS) is 12.1. The van der Waals surface area contributed by atoms with Crippen LogP contribution in [0.2, 0.25) is 0 Å². The second-order valence-electron chi connectivity index (χ2n) is 6.15. The highest BCUT2D eigenvalue weighted by atomic mass is 16.7. The molecule has 3 rings (SSSR count). The lowest BCUT2D eigenvalue weighted by Gasteiger charge is -2.11. The van der Waals surface area contributed by atoms with Crippen LogP contribution < -0.4 is 19.5 Å². The van der Waals surface area contributed by atoms with Crippen LogP contribution in [0, 0.1) is 13.8 Å². The van der Waals surface area contributed by atoms with E-state index in [0.29, 0.717) is 26.0 Å². The number of fused-ring (bicyclic) bond motifs is 1. The van der Waals surface area contributed by atoms with Crippen LogP contribution >= 0.6 is 0 Å². The Morgan fingerprint density at radius 1 is 1.12 bits per heavy atom. The summed E-state index contributed by atoms with van der Waals surface area (Å²) in [7, 11) is 0. The molecule has 25 heavy (non-hydrogen) atoms. The monoisotopic (exact) mass is 341 g/mol. The molecule has 0 aromatic heterocycles. The van der Waals surface area contributed by atoms with Gasteiger partial charge in [-0.25, -0.2) is 0 Å². The van der Waals surface area contributed by atoms with Crippen molar-refractivity contribution in [2.24, 2.45) is 0 Å². The van der Waals surface area contributed by atoms with Crippen molar-refractivity contribution in [2.45, 2.75) is 26.7 Å². The second kappa shape index (κ2) is 7.92. The number of aryl methyl sites for hydroxylation is 3. The highest BCUT2D eigenvalue weighted by Crippen LogP contribution is 2.32. The van der Waals surface area contributed by atoms with Crippen molar-refractivity contribution in [3.8, 4) is 17.2 Å². The molecule has 1 N–H and O–H groups in total. The predicted octanol–water partition coefficient (Wildman–Crippen LogP) is 3.16. The average Bonchev–Trinajstić information content (AvgIpc) is 3.07. The molecule has 5 nitrogen and oxygen atoms in total. The minimum atomic E-state index is 0.0160. The average molecular weight is 341 g/mol. The van der Waals surface area contributed by atoms with Gasteiger partial charge >= 0.3 is 0 Å². The van der Waals surface area contributed by atoms with Crippen LogP contribution in [0.1, 0.15) is 23.1 Å². The Balaban J connectivity index is 1.37. The first-order chi connectivity index (χ1) is 12.1. The molecule has 132 valence electrons. The van der Waals surface area contributed by atoms with Gasteiger partial charge in [-0.3, -0.25) is 4.79 Å². The highest BCUT2D eigenvalue weighted by molar-refractivity contribution is 5.76. The maximum Gasteiger partial charge on any atom is 0.231 e. The minimum Gasteiger partial charge on any atom is -0.491 e. The van der Waals surface area contributed by atoms with E-state index in [1.807, 2.05) is 44.2 Å². The number of benzene rings is 2. The molecule has 0 saturated carbocycles. The summed E-state index contributed by atoms with van der Waals surface area (Å²) < 4.78 is 16.4. The first kappa shape index (κ1) is 17.1. The van der Waals surface area contributed by atoms with Gasteiger partial charge in [0.2, 0.25) is 12.7 Å². The zero-order chi connectivity index (χ0) is 17.6. The molecule has 5 heteroatoms. The molecule has 0 saturated heterocycles. The van der Waals surface area contributed by atoms with Gasteiger partial charge in [0.15, 0.2) is 11.5 Å². The van der Waals surface area contributed by atoms with E-state index < -0.39 is 0 Å². The number of rotatable bonds is 7. The Hall–Kier alpha value is -2.69. The van der Waals surface area contributed by atoms with E-state index in [9.17, 15) is 4.79 Å². The van der Waals surface area contributed by atoms with Gasteiger partial charge < -0.3 is 19.5 Å². The fourth-order valence-corrected chi connectivity index (χ4v) is 2.66. The molecule has 0 bridgehead atoms. The summed E-state index contributed by atoms with van der Waals surface area (Å²) in [5.41, 5.74) is 3.32. The molecule has 0 spiro atoms. The number of amides is 1. The molecule has 0 unspecified atom stereocenters. The van der Waals surface area contributed by atoms with Crippen LogP contribution in [0.3, 0.4) is 0 Å². The molecule has 1 amide bonds. The van der Waals surface area contributed by atoms with Gasteiger partial charge in [0, 0.05) is 6.42 Å². The van der Waals surface area contributed by atoms with E-state index in [0.717, 1.165) is 33.9 Å². The third kappa shape index (κ3) is 4.66. The van der Waals surface area contributed by atoms with E-state index in [4.69, 9.17) is 14.2 Å². The Kier molecular flexibility index (Phi) is 5.43. The molecule has 2 aromatic rings. The summed E-state index contributed by atoms with van der Waals surface area (Å²) in [6.07, 6.45) is 1.10. The van der Waals surface area contributed by atoms with Crippen molar-refractivity contribution in [1.82, 2.24) is 5.32 Å². The zero-order valence-corrected chi connectivity index (χ0v) is 14.6. The third-order valence-electron chi connectivity index (χ3n) is 4.10. The summed E-state index contributed by atoms with van der Waals surface area (Å²) in [4.78, 5) is 12.0. The smallest absolute Gasteiger partial charge is 0.231 e. The molecular formula is C20H23NO4. The van der Waals surface area contributed by atoms with Crippen molar-refractivity contribution >= 4 is 5.91 Å². The lowest BCUT2D eigenvalue weighted by molar-refractivity contribution is -0.121. The topological polar surface area (TPSA) is 56.8 Å². The largest absolute Gasteiger partial charge is 0.491 e. The minimum absolute atomic E-state index is 0.0160. The Labute approximate surface area is 147 Å². The number of carbonyl (C=O) groups is 1. The molecule has 2 aromatic carbocycles. The standard InChI is InChI=1S/C20H23NO4/c1-14-3-4-15(2)18(11-14)23-10-9-21-20(22)8-6-16-5-7-17-19(12-16)25-13-24-17/h3-5,7,11-12H,6,8-10,13H2,1-2H3,(H,21,22). The molecular weight excluding hydrogens is 318 g/mol. The molecule has 1 heterocycles. The van der Waals surface area contributed by atoms with Gasteiger partial charge in [-0.15, -0.1) is 0 Å². The van der Waals surface area contributed by atoms with Crippen LogP contribution in [0.5, 0.6) is 17.2 Å². The van der Waals surface area contributed by atoms with Gasteiger partial charge in [0.05, 0.1) is 6.54 Å². The number of hydrogen-bond donors (Lipinski definition) is 1. The Morgan fingerprint density at radius 3 is 2.84 bits per heavy atom. The van der Waals surface area contributed by atoms with Crippen molar-refractivity contribution in [3.05, 3.63) is 53.1 Å². The van der Waals surface area contributed by atoms with E-state index in [1.54, 1.807) is 0 Å². The fraction of sp³-hybridized carbons (Fsp3) is 0.350. The number of ether oxygens (including phenoxy) is 3. The lowest BCUT2D eigenvalue weighted by atomic mass is 10.1.